The third kappa shape index (κ3) is 4.62. The van der Waals surface area contributed by atoms with Gasteiger partial charge in [0.05, 0.1) is 4.90 Å². The van der Waals surface area contributed by atoms with E-state index in [1.54, 1.807) is 19.2 Å². The molecular weight excluding hydrogens is 386 g/mol. The van der Waals surface area contributed by atoms with Crippen molar-refractivity contribution in [1.82, 2.24) is 8.87 Å². The number of carbonyl (C=O) groups excluding carboxylic acids is 1. The second-order valence-corrected chi connectivity index (χ2v) is 9.89. The molecule has 6 nitrogen and oxygen atoms in total. The lowest BCUT2D eigenvalue weighted by atomic mass is 10.2. The molecule has 1 saturated carbocycles. The number of rotatable bonds is 7. The number of sulfonamides is 1. The highest BCUT2D eigenvalue weighted by Crippen LogP contribution is 2.38. The van der Waals surface area contributed by atoms with Crippen LogP contribution in [0.3, 0.4) is 0 Å². The Balaban J connectivity index is 1.67. The number of aryl methyl sites for hydroxylation is 1. The van der Waals surface area contributed by atoms with Gasteiger partial charge < -0.3 is 9.88 Å². The summed E-state index contributed by atoms with van der Waals surface area (Å²) in [6, 6.07) is 8.80. The van der Waals surface area contributed by atoms with E-state index in [1.807, 2.05) is 19.9 Å². The zero-order chi connectivity index (χ0) is 21.3. The first-order valence-corrected chi connectivity index (χ1v) is 11.3. The van der Waals surface area contributed by atoms with Crippen molar-refractivity contribution in [2.24, 2.45) is 0 Å². The number of amides is 1. The van der Waals surface area contributed by atoms with Crippen molar-refractivity contribution < 1.29 is 13.2 Å². The van der Waals surface area contributed by atoms with Crippen molar-refractivity contribution in [2.75, 3.05) is 12.4 Å². The molecule has 1 N–H and O–H groups in total. The summed E-state index contributed by atoms with van der Waals surface area (Å²) in [7, 11) is -1.98. The Morgan fingerprint density at radius 2 is 1.83 bits per heavy atom. The number of aromatic nitrogens is 1. The fourth-order valence-electron chi connectivity index (χ4n) is 3.37. The van der Waals surface area contributed by atoms with Crippen molar-refractivity contribution in [3.8, 4) is 0 Å². The zero-order valence-corrected chi connectivity index (χ0v) is 18.5. The van der Waals surface area contributed by atoms with Gasteiger partial charge in [-0.15, -0.1) is 0 Å². The van der Waals surface area contributed by atoms with E-state index < -0.39 is 10.0 Å². The van der Waals surface area contributed by atoms with Gasteiger partial charge in [-0.05, 0) is 82.5 Å². The molecule has 0 aliphatic heterocycles. The molecular formula is C22H29N3O3S. The van der Waals surface area contributed by atoms with E-state index in [9.17, 15) is 13.2 Å². The standard InChI is InChI=1S/C22H29N3O3S/c1-15(2)24(5)29(27,28)21-11-7-19(8-12-21)23-22(26)13-6-18-14-16(3)25(17(18)4)20-9-10-20/h6-8,11-15,20H,9-10H2,1-5H3,(H,23,26)/b13-6+. The molecule has 1 heterocycles. The molecule has 1 fully saturated rings. The molecule has 0 spiro atoms. The Kier molecular flexibility index (Phi) is 6.00. The SMILES string of the molecule is Cc1cc(/C=C/C(=O)Nc2ccc(S(=O)(=O)N(C)C(C)C)cc2)c(C)n1C1CC1. The molecule has 3 rings (SSSR count). The predicted octanol–water partition coefficient (Wildman–Crippen LogP) is 4.12. The molecule has 0 atom stereocenters. The number of benzene rings is 1. The van der Waals surface area contributed by atoms with E-state index in [2.05, 4.69) is 29.8 Å². The highest BCUT2D eigenvalue weighted by molar-refractivity contribution is 7.89. The average molecular weight is 416 g/mol. The zero-order valence-electron chi connectivity index (χ0n) is 17.6. The fourth-order valence-corrected chi connectivity index (χ4v) is 4.74. The summed E-state index contributed by atoms with van der Waals surface area (Å²) in [5.74, 6) is -0.254. The van der Waals surface area contributed by atoms with Crippen LogP contribution in [-0.4, -0.2) is 36.3 Å². The van der Waals surface area contributed by atoms with Gasteiger partial charge in [-0.1, -0.05) is 0 Å². The van der Waals surface area contributed by atoms with Gasteiger partial charge in [-0.2, -0.15) is 4.31 Å². The van der Waals surface area contributed by atoms with E-state index in [-0.39, 0.29) is 16.8 Å². The summed E-state index contributed by atoms with van der Waals surface area (Å²) >= 11 is 0. The molecule has 1 aromatic carbocycles. The van der Waals surface area contributed by atoms with Gasteiger partial charge in [-0.3, -0.25) is 4.79 Å². The maximum atomic E-state index is 12.5. The summed E-state index contributed by atoms with van der Waals surface area (Å²) in [5, 5.41) is 2.78. The Morgan fingerprint density at radius 3 is 2.38 bits per heavy atom. The fraction of sp³-hybridized carbons (Fsp3) is 0.409. The highest BCUT2D eigenvalue weighted by atomic mass is 32.2. The van der Waals surface area contributed by atoms with Gasteiger partial charge in [0.2, 0.25) is 15.9 Å². The topological polar surface area (TPSA) is 71.4 Å². The Morgan fingerprint density at radius 1 is 1.21 bits per heavy atom. The van der Waals surface area contributed by atoms with Gasteiger partial charge >= 0.3 is 0 Å². The minimum absolute atomic E-state index is 0.133. The maximum Gasteiger partial charge on any atom is 0.248 e. The lowest BCUT2D eigenvalue weighted by molar-refractivity contribution is -0.111. The number of anilines is 1. The van der Waals surface area contributed by atoms with Gasteiger partial charge in [0.25, 0.3) is 0 Å². The monoisotopic (exact) mass is 415 g/mol. The summed E-state index contributed by atoms with van der Waals surface area (Å²) in [5.41, 5.74) is 3.99. The van der Waals surface area contributed by atoms with Crippen LogP contribution < -0.4 is 5.32 Å². The van der Waals surface area contributed by atoms with Crippen molar-refractivity contribution in [2.45, 2.75) is 57.5 Å². The molecule has 0 radical (unpaired) electrons. The quantitative estimate of drug-likeness (QED) is 0.692. The van der Waals surface area contributed by atoms with E-state index in [0.717, 1.165) is 5.56 Å². The summed E-state index contributed by atoms with van der Waals surface area (Å²) < 4.78 is 28.7. The summed E-state index contributed by atoms with van der Waals surface area (Å²) in [6.45, 7) is 7.81. The van der Waals surface area contributed by atoms with E-state index >= 15 is 0 Å². The third-order valence-corrected chi connectivity index (χ3v) is 7.42. The van der Waals surface area contributed by atoms with Gasteiger partial charge in [0, 0.05) is 42.3 Å². The molecule has 1 amide bonds. The second kappa shape index (κ2) is 8.16. The van der Waals surface area contributed by atoms with Crippen LogP contribution >= 0.6 is 0 Å². The molecule has 29 heavy (non-hydrogen) atoms. The van der Waals surface area contributed by atoms with E-state index in [1.165, 1.54) is 46.7 Å². The Labute approximate surface area is 173 Å². The van der Waals surface area contributed by atoms with Crippen LogP contribution in [0.2, 0.25) is 0 Å². The second-order valence-electron chi connectivity index (χ2n) is 7.89. The molecule has 0 bridgehead atoms. The minimum Gasteiger partial charge on any atom is -0.346 e. The molecule has 7 heteroatoms. The minimum atomic E-state index is -3.53. The number of carbonyl (C=O) groups is 1. The summed E-state index contributed by atoms with van der Waals surface area (Å²) in [6.07, 6.45) is 5.78. The smallest absolute Gasteiger partial charge is 0.248 e. The van der Waals surface area contributed by atoms with Crippen LogP contribution in [0, 0.1) is 13.8 Å². The molecule has 1 aliphatic carbocycles. The Bertz CT molecular complexity index is 1030. The number of hydrogen-bond acceptors (Lipinski definition) is 3. The van der Waals surface area contributed by atoms with Crippen LogP contribution in [0.1, 0.15) is 49.7 Å². The van der Waals surface area contributed by atoms with E-state index in [0.29, 0.717) is 11.7 Å². The van der Waals surface area contributed by atoms with Crippen LogP contribution in [0.15, 0.2) is 41.3 Å². The Hall–Kier alpha value is -2.38. The molecule has 156 valence electrons. The van der Waals surface area contributed by atoms with Gasteiger partial charge in [0.1, 0.15) is 0 Å². The highest BCUT2D eigenvalue weighted by Gasteiger charge is 2.26. The number of nitrogens with zero attached hydrogens (tertiary/aromatic N) is 2. The normalized spacial score (nSPS) is 14.9. The van der Waals surface area contributed by atoms with Crippen LogP contribution in [0.25, 0.3) is 6.08 Å². The van der Waals surface area contributed by atoms with Gasteiger partial charge in [0.15, 0.2) is 0 Å². The third-order valence-electron chi connectivity index (χ3n) is 5.38. The predicted molar refractivity (Wildman–Crippen MR) is 116 cm³/mol. The first-order valence-electron chi connectivity index (χ1n) is 9.87. The van der Waals surface area contributed by atoms with Crippen molar-refractivity contribution in [3.63, 3.8) is 0 Å². The number of nitrogens with one attached hydrogen (secondary N) is 1. The largest absolute Gasteiger partial charge is 0.346 e. The molecule has 2 aromatic rings. The first-order chi connectivity index (χ1) is 13.6. The van der Waals surface area contributed by atoms with Crippen LogP contribution in [-0.2, 0) is 14.8 Å². The van der Waals surface area contributed by atoms with Gasteiger partial charge in [-0.25, -0.2) is 8.42 Å². The van der Waals surface area contributed by atoms with Crippen molar-refractivity contribution in [3.05, 3.63) is 53.4 Å². The lowest BCUT2D eigenvalue weighted by Gasteiger charge is -2.21. The van der Waals surface area contributed by atoms with Crippen molar-refractivity contribution in [1.29, 1.82) is 0 Å². The molecule has 0 unspecified atom stereocenters. The van der Waals surface area contributed by atoms with Crippen LogP contribution in [0.5, 0.6) is 0 Å². The van der Waals surface area contributed by atoms with Crippen molar-refractivity contribution >= 4 is 27.7 Å². The lowest BCUT2D eigenvalue weighted by Crippen LogP contribution is -2.33. The van der Waals surface area contributed by atoms with Crippen LogP contribution in [0.4, 0.5) is 5.69 Å². The maximum absolute atomic E-state index is 12.5. The van der Waals surface area contributed by atoms with E-state index in [4.69, 9.17) is 0 Å². The first kappa shape index (κ1) is 21.3. The molecule has 1 aromatic heterocycles. The summed E-state index contributed by atoms with van der Waals surface area (Å²) in [4.78, 5) is 12.5. The average Bonchev–Trinajstić information content (AvgIpc) is 3.45. The molecule has 1 aliphatic rings. The molecule has 0 saturated heterocycles. The number of hydrogen-bond donors (Lipinski definition) is 1.